The molecule has 1 fully saturated rings. The predicted molar refractivity (Wildman–Crippen MR) is 80.9 cm³/mol. The number of hydrogen-bond donors (Lipinski definition) is 1. The summed E-state index contributed by atoms with van der Waals surface area (Å²) < 4.78 is 0. The van der Waals surface area contributed by atoms with Crippen LogP contribution < -0.4 is 5.73 Å². The van der Waals surface area contributed by atoms with Crippen LogP contribution in [0.1, 0.15) is 31.7 Å². The van der Waals surface area contributed by atoms with E-state index in [0.717, 1.165) is 25.8 Å². The molecule has 0 saturated heterocycles. The molecular weight excluding hydrogens is 248 g/mol. The van der Waals surface area contributed by atoms with Gasteiger partial charge in [0.25, 0.3) is 0 Å². The maximum Gasteiger partial charge on any atom is 0.242 e. The molecule has 0 aromatic heterocycles. The molecule has 1 aliphatic carbocycles. The largest absolute Gasteiger partial charge is 0.337 e. The lowest BCUT2D eigenvalue weighted by atomic mass is 9.93. The van der Waals surface area contributed by atoms with Gasteiger partial charge in [0, 0.05) is 13.1 Å². The van der Waals surface area contributed by atoms with Crippen LogP contribution >= 0.6 is 0 Å². The Balaban J connectivity index is 1.69. The van der Waals surface area contributed by atoms with Crippen molar-refractivity contribution >= 4 is 11.5 Å². The second kappa shape index (κ2) is 5.06. The van der Waals surface area contributed by atoms with Crippen molar-refractivity contribution in [3.8, 4) is 0 Å². The number of nitrogens with two attached hydrogens (primary N) is 1. The van der Waals surface area contributed by atoms with Crippen molar-refractivity contribution in [2.24, 2.45) is 11.7 Å². The summed E-state index contributed by atoms with van der Waals surface area (Å²) in [4.78, 5) is 14.4. The SMILES string of the molecule is CC(N)(C(=O)N1CC=C(c2ccccc2)CC1)C1CC1. The minimum atomic E-state index is -0.669. The van der Waals surface area contributed by atoms with Gasteiger partial charge in [-0.25, -0.2) is 0 Å². The van der Waals surface area contributed by atoms with Gasteiger partial charge in [0.05, 0.1) is 5.54 Å². The highest BCUT2D eigenvalue weighted by Crippen LogP contribution is 2.39. The van der Waals surface area contributed by atoms with Gasteiger partial charge in [-0.05, 0) is 43.2 Å². The molecule has 1 aromatic rings. The fourth-order valence-electron chi connectivity index (χ4n) is 2.97. The number of hydrogen-bond acceptors (Lipinski definition) is 2. The molecule has 0 bridgehead atoms. The van der Waals surface area contributed by atoms with E-state index in [-0.39, 0.29) is 5.91 Å². The van der Waals surface area contributed by atoms with Gasteiger partial charge in [0.15, 0.2) is 0 Å². The highest BCUT2D eigenvalue weighted by atomic mass is 16.2. The van der Waals surface area contributed by atoms with Crippen LogP contribution in [0, 0.1) is 5.92 Å². The van der Waals surface area contributed by atoms with E-state index in [9.17, 15) is 4.79 Å². The van der Waals surface area contributed by atoms with Crippen molar-refractivity contribution < 1.29 is 4.79 Å². The second-order valence-electron chi connectivity index (χ2n) is 6.15. The Hall–Kier alpha value is -1.61. The Bertz CT molecular complexity index is 529. The molecule has 106 valence electrons. The zero-order valence-electron chi connectivity index (χ0n) is 12.0. The Morgan fingerprint density at radius 3 is 2.55 bits per heavy atom. The van der Waals surface area contributed by atoms with Crippen molar-refractivity contribution in [1.82, 2.24) is 4.90 Å². The quantitative estimate of drug-likeness (QED) is 0.917. The summed E-state index contributed by atoms with van der Waals surface area (Å²) in [5.74, 6) is 0.498. The minimum Gasteiger partial charge on any atom is -0.337 e. The maximum atomic E-state index is 12.5. The molecule has 3 heteroatoms. The van der Waals surface area contributed by atoms with Crippen LogP contribution in [0.3, 0.4) is 0 Å². The van der Waals surface area contributed by atoms with Crippen molar-refractivity contribution in [2.75, 3.05) is 13.1 Å². The highest BCUT2D eigenvalue weighted by molar-refractivity contribution is 5.87. The fourth-order valence-corrected chi connectivity index (χ4v) is 2.97. The van der Waals surface area contributed by atoms with Gasteiger partial charge in [-0.2, -0.15) is 0 Å². The number of amides is 1. The molecule has 0 spiro atoms. The average Bonchev–Trinajstić information content (AvgIpc) is 3.33. The van der Waals surface area contributed by atoms with Crippen LogP contribution in [0.4, 0.5) is 0 Å². The Labute approximate surface area is 120 Å². The third kappa shape index (κ3) is 2.50. The predicted octanol–water partition coefficient (Wildman–Crippen LogP) is 2.43. The molecule has 0 radical (unpaired) electrons. The van der Waals surface area contributed by atoms with Gasteiger partial charge in [-0.15, -0.1) is 0 Å². The molecule has 2 N–H and O–H groups in total. The van der Waals surface area contributed by atoms with Gasteiger partial charge in [-0.3, -0.25) is 4.79 Å². The summed E-state index contributed by atoms with van der Waals surface area (Å²) >= 11 is 0. The molecule has 1 unspecified atom stereocenters. The Kier molecular flexibility index (Phi) is 3.38. The molecular formula is C17H22N2O. The molecule has 1 heterocycles. The summed E-state index contributed by atoms with van der Waals surface area (Å²) in [5.41, 5.74) is 8.16. The average molecular weight is 270 g/mol. The van der Waals surface area contributed by atoms with E-state index < -0.39 is 5.54 Å². The number of benzene rings is 1. The lowest BCUT2D eigenvalue weighted by molar-refractivity contribution is -0.136. The summed E-state index contributed by atoms with van der Waals surface area (Å²) in [6, 6.07) is 10.4. The second-order valence-corrected chi connectivity index (χ2v) is 6.15. The number of rotatable bonds is 3. The summed E-state index contributed by atoms with van der Waals surface area (Å²) in [6.45, 7) is 3.35. The van der Waals surface area contributed by atoms with Crippen molar-refractivity contribution in [1.29, 1.82) is 0 Å². The van der Waals surface area contributed by atoms with E-state index in [0.29, 0.717) is 12.5 Å². The van der Waals surface area contributed by atoms with Crippen LogP contribution in [0.2, 0.25) is 0 Å². The number of carbonyl (C=O) groups is 1. The summed E-state index contributed by atoms with van der Waals surface area (Å²) in [5, 5.41) is 0. The van der Waals surface area contributed by atoms with Crippen molar-refractivity contribution in [2.45, 2.75) is 31.7 Å². The van der Waals surface area contributed by atoms with Gasteiger partial charge >= 0.3 is 0 Å². The standard InChI is InChI=1S/C17H22N2O/c1-17(18,15-7-8-15)16(20)19-11-9-14(10-12-19)13-5-3-2-4-6-13/h2-6,9,15H,7-8,10-12,18H2,1H3. The maximum absolute atomic E-state index is 12.5. The van der Waals surface area contributed by atoms with E-state index in [1.54, 1.807) is 0 Å². The van der Waals surface area contributed by atoms with E-state index in [1.165, 1.54) is 11.1 Å². The van der Waals surface area contributed by atoms with E-state index in [1.807, 2.05) is 17.9 Å². The molecule has 3 nitrogen and oxygen atoms in total. The first-order valence-electron chi connectivity index (χ1n) is 7.42. The fraction of sp³-hybridized carbons (Fsp3) is 0.471. The molecule has 1 aliphatic heterocycles. The first-order valence-corrected chi connectivity index (χ1v) is 7.42. The molecule has 1 atom stereocenters. The lowest BCUT2D eigenvalue weighted by Gasteiger charge is -2.34. The van der Waals surface area contributed by atoms with Crippen molar-refractivity contribution in [3.05, 3.63) is 42.0 Å². The van der Waals surface area contributed by atoms with E-state index >= 15 is 0 Å². The third-order valence-corrected chi connectivity index (χ3v) is 4.53. The van der Waals surface area contributed by atoms with Crippen LogP contribution in [-0.4, -0.2) is 29.4 Å². The van der Waals surface area contributed by atoms with Gasteiger partial charge in [0.2, 0.25) is 5.91 Å². The number of nitrogens with zero attached hydrogens (tertiary/aromatic N) is 1. The monoisotopic (exact) mass is 270 g/mol. The lowest BCUT2D eigenvalue weighted by Crippen LogP contribution is -2.55. The normalized spacial score (nSPS) is 22.1. The van der Waals surface area contributed by atoms with Gasteiger partial charge in [0.1, 0.15) is 0 Å². The Morgan fingerprint density at radius 2 is 2.00 bits per heavy atom. The zero-order chi connectivity index (χ0) is 14.2. The molecule has 1 saturated carbocycles. The van der Waals surface area contributed by atoms with E-state index in [2.05, 4.69) is 30.3 Å². The zero-order valence-corrected chi connectivity index (χ0v) is 12.0. The molecule has 2 aliphatic rings. The van der Waals surface area contributed by atoms with Crippen LogP contribution in [-0.2, 0) is 4.79 Å². The minimum absolute atomic E-state index is 0.114. The van der Waals surface area contributed by atoms with E-state index in [4.69, 9.17) is 5.73 Å². The molecule has 3 rings (SSSR count). The Morgan fingerprint density at radius 1 is 1.30 bits per heavy atom. The van der Waals surface area contributed by atoms with Crippen LogP contribution in [0.5, 0.6) is 0 Å². The summed E-state index contributed by atoms with van der Waals surface area (Å²) in [7, 11) is 0. The first-order chi connectivity index (χ1) is 9.59. The van der Waals surface area contributed by atoms with Crippen molar-refractivity contribution in [3.63, 3.8) is 0 Å². The number of carbonyl (C=O) groups excluding carboxylic acids is 1. The van der Waals surface area contributed by atoms with Crippen LogP contribution in [0.25, 0.3) is 5.57 Å². The first kappa shape index (κ1) is 13.4. The topological polar surface area (TPSA) is 46.3 Å². The summed E-state index contributed by atoms with van der Waals surface area (Å²) in [6.07, 6.45) is 5.27. The third-order valence-electron chi connectivity index (χ3n) is 4.53. The van der Waals surface area contributed by atoms with Gasteiger partial charge in [-0.1, -0.05) is 36.4 Å². The van der Waals surface area contributed by atoms with Gasteiger partial charge < -0.3 is 10.6 Å². The van der Waals surface area contributed by atoms with Crippen LogP contribution in [0.15, 0.2) is 36.4 Å². The molecule has 20 heavy (non-hydrogen) atoms. The highest BCUT2D eigenvalue weighted by Gasteiger charge is 2.45. The molecule has 1 amide bonds. The smallest absolute Gasteiger partial charge is 0.242 e. The molecule has 1 aromatic carbocycles.